The number of piperidine rings is 1. The number of halogens is 3. The largest absolute Gasteiger partial charge is 0.391 e. The second-order valence-electron chi connectivity index (χ2n) is 8.83. The third-order valence-electron chi connectivity index (χ3n) is 7.08. The molecule has 0 spiro atoms. The highest BCUT2D eigenvalue weighted by molar-refractivity contribution is 5.97. The van der Waals surface area contributed by atoms with E-state index in [1.165, 1.54) is 12.1 Å². The molecule has 164 valence electrons. The van der Waals surface area contributed by atoms with Gasteiger partial charge in [-0.15, -0.1) is 0 Å². The highest BCUT2D eigenvalue weighted by atomic mass is 19.4. The van der Waals surface area contributed by atoms with E-state index < -0.39 is 28.3 Å². The van der Waals surface area contributed by atoms with Crippen LogP contribution in [0.15, 0.2) is 12.1 Å². The van der Waals surface area contributed by atoms with Crippen LogP contribution in [0.2, 0.25) is 0 Å². The quantitative estimate of drug-likeness (QED) is 0.477. The fourth-order valence-corrected chi connectivity index (χ4v) is 5.31. The molecule has 0 unspecified atom stereocenters. The third-order valence-corrected chi connectivity index (χ3v) is 7.08. The number of primary amides is 1. The second kappa shape index (κ2) is 7.40. The molecule has 3 aliphatic rings. The summed E-state index contributed by atoms with van der Waals surface area (Å²) in [6.45, 7) is 1.66. The van der Waals surface area contributed by atoms with Crippen molar-refractivity contribution in [1.82, 2.24) is 5.32 Å². The molecule has 2 aliphatic carbocycles. The number of anilines is 1. The lowest BCUT2D eigenvalue weighted by atomic mass is 9.81. The maximum absolute atomic E-state index is 12.9. The number of carbonyl (C=O) groups is 1. The van der Waals surface area contributed by atoms with E-state index in [2.05, 4.69) is 10.6 Å². The van der Waals surface area contributed by atoms with Crippen LogP contribution >= 0.6 is 0 Å². The van der Waals surface area contributed by atoms with Crippen LogP contribution in [0.1, 0.15) is 48.0 Å². The van der Waals surface area contributed by atoms with Crippen molar-refractivity contribution in [3.8, 4) is 0 Å². The summed E-state index contributed by atoms with van der Waals surface area (Å²) in [5.41, 5.74) is 5.79. The van der Waals surface area contributed by atoms with Crippen molar-refractivity contribution >= 4 is 17.3 Å². The molecule has 1 heterocycles. The molecule has 3 fully saturated rings. The van der Waals surface area contributed by atoms with Gasteiger partial charge in [0.25, 0.3) is 5.69 Å². The van der Waals surface area contributed by atoms with E-state index in [0.717, 1.165) is 13.0 Å². The Labute approximate surface area is 171 Å². The van der Waals surface area contributed by atoms with Crippen LogP contribution in [-0.2, 0) is 5.41 Å². The van der Waals surface area contributed by atoms with Crippen molar-refractivity contribution < 1.29 is 22.9 Å². The van der Waals surface area contributed by atoms with Gasteiger partial charge in [-0.2, -0.15) is 13.2 Å². The number of alkyl halides is 3. The van der Waals surface area contributed by atoms with Gasteiger partial charge in [-0.05, 0) is 62.6 Å². The molecule has 0 radical (unpaired) electrons. The zero-order chi connectivity index (χ0) is 21.7. The van der Waals surface area contributed by atoms with E-state index in [1.807, 2.05) is 0 Å². The summed E-state index contributed by atoms with van der Waals surface area (Å²) in [6, 6.07) is 3.01. The summed E-state index contributed by atoms with van der Waals surface area (Å²) in [6.07, 6.45) is -2.38. The van der Waals surface area contributed by atoms with Gasteiger partial charge in [0.2, 0.25) is 5.91 Å². The molecule has 0 aromatic heterocycles. The molecule has 1 amide bonds. The molecule has 7 nitrogen and oxygen atoms in total. The number of carbonyl (C=O) groups excluding carboxylic acids is 1. The van der Waals surface area contributed by atoms with Gasteiger partial charge >= 0.3 is 6.18 Å². The van der Waals surface area contributed by atoms with Crippen LogP contribution in [0, 0.1) is 27.9 Å². The Kier molecular flexibility index (Phi) is 5.16. The Hall–Kier alpha value is -2.36. The van der Waals surface area contributed by atoms with Gasteiger partial charge in [-0.1, -0.05) is 0 Å². The molecule has 4 rings (SSSR count). The van der Waals surface area contributed by atoms with E-state index >= 15 is 0 Å². The van der Waals surface area contributed by atoms with Crippen LogP contribution in [0.4, 0.5) is 24.5 Å². The smallest absolute Gasteiger partial charge is 0.379 e. The lowest BCUT2D eigenvalue weighted by Gasteiger charge is -2.30. The number of amides is 1. The molecular formula is C20H25F3N4O3. The first-order valence-electron chi connectivity index (χ1n) is 10.3. The molecule has 30 heavy (non-hydrogen) atoms. The van der Waals surface area contributed by atoms with Gasteiger partial charge in [0.15, 0.2) is 0 Å². The van der Waals surface area contributed by atoms with Crippen molar-refractivity contribution in [2.24, 2.45) is 23.5 Å². The Morgan fingerprint density at radius 3 is 2.50 bits per heavy atom. The lowest BCUT2D eigenvalue weighted by molar-refractivity contribution is -0.384. The maximum Gasteiger partial charge on any atom is 0.391 e. The third kappa shape index (κ3) is 3.61. The minimum Gasteiger partial charge on any atom is -0.379 e. The van der Waals surface area contributed by atoms with Crippen molar-refractivity contribution in [2.75, 3.05) is 25.0 Å². The van der Waals surface area contributed by atoms with E-state index in [9.17, 15) is 28.1 Å². The highest BCUT2D eigenvalue weighted by Gasteiger charge is 2.62. The summed E-state index contributed by atoms with van der Waals surface area (Å²) in [5.74, 6) is -1.70. The predicted molar refractivity (Wildman–Crippen MR) is 104 cm³/mol. The summed E-state index contributed by atoms with van der Waals surface area (Å²) < 4.78 is 38.6. The first-order chi connectivity index (χ1) is 14.1. The number of nitro benzene ring substituents is 1. The fraction of sp³-hybridized carbons (Fsp3) is 0.650. The number of rotatable bonds is 6. The molecule has 4 N–H and O–H groups in total. The SMILES string of the molecule is NC(=O)c1ccc(NCC2CCC(C(F)(F)F)CC2)c([N+](=O)[O-])c1[C@@]12CNC[C@H]1C2. The first-order valence-corrected chi connectivity index (χ1v) is 10.3. The molecule has 1 saturated heterocycles. The summed E-state index contributed by atoms with van der Waals surface area (Å²) in [7, 11) is 0. The Morgan fingerprint density at radius 2 is 2.00 bits per heavy atom. The highest BCUT2D eigenvalue weighted by Crippen LogP contribution is 2.60. The van der Waals surface area contributed by atoms with Gasteiger partial charge in [-0.25, -0.2) is 0 Å². The molecule has 2 saturated carbocycles. The summed E-state index contributed by atoms with van der Waals surface area (Å²) in [4.78, 5) is 23.5. The van der Waals surface area contributed by atoms with E-state index in [4.69, 9.17) is 5.73 Å². The van der Waals surface area contributed by atoms with Crippen molar-refractivity contribution in [3.63, 3.8) is 0 Å². The van der Waals surface area contributed by atoms with Crippen LogP contribution in [0.5, 0.6) is 0 Å². The van der Waals surface area contributed by atoms with E-state index in [0.29, 0.717) is 37.2 Å². The summed E-state index contributed by atoms with van der Waals surface area (Å²) >= 11 is 0. The minimum atomic E-state index is -4.16. The number of nitrogens with two attached hydrogens (primary N) is 1. The zero-order valence-electron chi connectivity index (χ0n) is 16.4. The standard InChI is InChI=1S/C20H25F3N4O3/c21-20(22,23)12-3-1-11(2-4-12)8-26-15-6-5-14(18(24)28)16(17(15)27(29)30)19-7-13(19)9-25-10-19/h5-6,11-13,25-26H,1-4,7-10H2,(H2,24,28)/t11?,12?,13-,19+/m1/s1. The molecule has 1 aromatic carbocycles. The maximum atomic E-state index is 12.9. The number of nitro groups is 1. The van der Waals surface area contributed by atoms with Gasteiger partial charge in [-0.3, -0.25) is 14.9 Å². The van der Waals surface area contributed by atoms with E-state index in [1.54, 1.807) is 0 Å². The normalized spacial score (nSPS) is 30.6. The molecular weight excluding hydrogens is 401 g/mol. The number of nitrogens with zero attached hydrogens (tertiary/aromatic N) is 1. The lowest BCUT2D eigenvalue weighted by Crippen LogP contribution is -2.30. The number of hydrogen-bond donors (Lipinski definition) is 3. The van der Waals surface area contributed by atoms with Crippen LogP contribution in [0.3, 0.4) is 0 Å². The molecule has 0 bridgehead atoms. The monoisotopic (exact) mass is 426 g/mol. The average Bonchev–Trinajstić information content (AvgIpc) is 3.25. The molecule has 1 aliphatic heterocycles. The summed E-state index contributed by atoms with van der Waals surface area (Å²) in [5, 5.41) is 18.3. The Morgan fingerprint density at radius 1 is 1.30 bits per heavy atom. The second-order valence-corrected chi connectivity index (χ2v) is 8.83. The minimum absolute atomic E-state index is 0.0162. The van der Waals surface area contributed by atoms with Gasteiger partial charge in [0, 0.05) is 24.1 Å². The Bertz CT molecular complexity index is 868. The molecule has 2 atom stereocenters. The number of fused-ring (bicyclic) bond motifs is 1. The topological polar surface area (TPSA) is 110 Å². The van der Waals surface area contributed by atoms with Crippen molar-refractivity contribution in [1.29, 1.82) is 0 Å². The zero-order valence-corrected chi connectivity index (χ0v) is 16.4. The molecule has 10 heteroatoms. The predicted octanol–water partition coefficient (Wildman–Crippen LogP) is 3.34. The van der Waals surface area contributed by atoms with Crippen molar-refractivity contribution in [2.45, 2.75) is 43.7 Å². The fourth-order valence-electron chi connectivity index (χ4n) is 5.31. The number of hydrogen-bond acceptors (Lipinski definition) is 5. The Balaban J connectivity index is 1.56. The average molecular weight is 426 g/mol. The first kappa shape index (κ1) is 20.9. The number of benzene rings is 1. The van der Waals surface area contributed by atoms with Gasteiger partial charge in [0.1, 0.15) is 5.69 Å². The molecule has 1 aromatic rings. The van der Waals surface area contributed by atoms with Crippen LogP contribution in [-0.4, -0.2) is 36.6 Å². The van der Waals surface area contributed by atoms with Crippen LogP contribution < -0.4 is 16.4 Å². The van der Waals surface area contributed by atoms with Crippen LogP contribution in [0.25, 0.3) is 0 Å². The number of nitrogens with one attached hydrogen (secondary N) is 2. The van der Waals surface area contributed by atoms with E-state index in [-0.39, 0.29) is 35.9 Å². The van der Waals surface area contributed by atoms with Gasteiger partial charge in [0.05, 0.1) is 16.4 Å². The van der Waals surface area contributed by atoms with Gasteiger partial charge < -0.3 is 16.4 Å². The van der Waals surface area contributed by atoms with Crippen molar-refractivity contribution in [3.05, 3.63) is 33.4 Å².